The molecule has 0 spiro atoms. The van der Waals surface area contributed by atoms with Crippen LogP contribution in [0.15, 0.2) is 22.5 Å². The molecule has 110 valence electrons. The number of nitrogens with zero attached hydrogens (tertiary/aromatic N) is 2. The topological polar surface area (TPSA) is 85.4 Å². The van der Waals surface area contributed by atoms with Gasteiger partial charge in [0, 0.05) is 23.2 Å². The van der Waals surface area contributed by atoms with Crippen LogP contribution in [0, 0.1) is 29.1 Å². The van der Waals surface area contributed by atoms with Crippen molar-refractivity contribution in [2.45, 2.75) is 39.2 Å². The van der Waals surface area contributed by atoms with Crippen LogP contribution in [0.1, 0.15) is 33.6 Å². The molecule has 20 heavy (non-hydrogen) atoms. The third-order valence-corrected chi connectivity index (χ3v) is 6.32. The predicted octanol–water partition coefficient (Wildman–Crippen LogP) is 2.27. The third-order valence-electron chi connectivity index (χ3n) is 6.32. The molecule has 0 aliphatic heterocycles. The van der Waals surface area contributed by atoms with Crippen LogP contribution in [0.25, 0.3) is 0 Å². The molecule has 3 N–H and O–H groups in total. The van der Waals surface area contributed by atoms with Crippen LogP contribution in [-0.4, -0.2) is 32.5 Å². The van der Waals surface area contributed by atoms with Gasteiger partial charge >= 0.3 is 0 Å². The highest BCUT2D eigenvalue weighted by atomic mass is 16.4. The van der Waals surface area contributed by atoms with Crippen molar-refractivity contribution in [3.8, 4) is 0 Å². The third kappa shape index (κ3) is 1.23. The van der Waals surface area contributed by atoms with Crippen molar-refractivity contribution in [1.29, 1.82) is 0 Å². The number of aliphatic hydroxyl groups is 1. The fourth-order valence-corrected chi connectivity index (χ4v) is 5.27. The summed E-state index contributed by atoms with van der Waals surface area (Å²) in [4.78, 5) is 0. The summed E-state index contributed by atoms with van der Waals surface area (Å²) in [5.41, 5.74) is 0.857. The van der Waals surface area contributed by atoms with E-state index in [1.807, 2.05) is 20.8 Å². The average molecular weight is 278 g/mol. The molecule has 4 bridgehead atoms. The van der Waals surface area contributed by atoms with Gasteiger partial charge in [-0.25, -0.2) is 0 Å². The van der Waals surface area contributed by atoms with Gasteiger partial charge in [-0.05, 0) is 32.6 Å². The van der Waals surface area contributed by atoms with Gasteiger partial charge in [0.1, 0.15) is 0 Å². The summed E-state index contributed by atoms with van der Waals surface area (Å²) in [5.74, 6) is -0.189. The molecule has 0 radical (unpaired) electrons. The van der Waals surface area contributed by atoms with E-state index >= 15 is 0 Å². The Morgan fingerprint density at radius 2 is 1.85 bits per heavy atom. The minimum Gasteiger partial charge on any atom is -0.411 e. The molecule has 0 aromatic rings. The molecule has 0 saturated heterocycles. The first-order chi connectivity index (χ1) is 9.31. The standard InChI is InChI=1S/C15H22N2O3/c1-7(2)15-5-9-8(3)11(14(15,4)18)13(17-20)10(6-15)12(9)16-19/h8-11,18-20H,1,5-6H2,2-4H3/b16-12-,17-13-. The molecule has 0 amide bonds. The van der Waals surface area contributed by atoms with E-state index in [9.17, 15) is 15.5 Å². The fourth-order valence-electron chi connectivity index (χ4n) is 5.27. The number of hydrogen-bond acceptors (Lipinski definition) is 5. The molecule has 0 aromatic carbocycles. The van der Waals surface area contributed by atoms with Gasteiger partial charge in [-0.15, -0.1) is 0 Å². The molecule has 4 saturated carbocycles. The Bertz CT molecular complexity index is 537. The van der Waals surface area contributed by atoms with Gasteiger partial charge in [-0.1, -0.05) is 29.4 Å². The minimum absolute atomic E-state index is 0.0887. The van der Waals surface area contributed by atoms with Crippen LogP contribution in [-0.2, 0) is 0 Å². The van der Waals surface area contributed by atoms with Crippen LogP contribution in [0.5, 0.6) is 0 Å². The number of hydrogen-bond donors (Lipinski definition) is 3. The molecule has 4 fully saturated rings. The van der Waals surface area contributed by atoms with Gasteiger partial charge in [0.25, 0.3) is 0 Å². The largest absolute Gasteiger partial charge is 0.411 e. The Morgan fingerprint density at radius 3 is 2.35 bits per heavy atom. The average Bonchev–Trinajstić information content (AvgIpc) is 2.39. The van der Waals surface area contributed by atoms with Crippen molar-refractivity contribution in [3.05, 3.63) is 12.2 Å². The first-order valence-corrected chi connectivity index (χ1v) is 7.14. The van der Waals surface area contributed by atoms with Gasteiger partial charge in [-0.3, -0.25) is 0 Å². The second-order valence-electron chi connectivity index (χ2n) is 6.96. The summed E-state index contributed by atoms with van der Waals surface area (Å²) < 4.78 is 0. The molecule has 5 heteroatoms. The van der Waals surface area contributed by atoms with Gasteiger partial charge in [0.05, 0.1) is 17.0 Å². The van der Waals surface area contributed by atoms with E-state index in [2.05, 4.69) is 16.9 Å². The van der Waals surface area contributed by atoms with Crippen LogP contribution in [0.2, 0.25) is 0 Å². The van der Waals surface area contributed by atoms with Crippen LogP contribution >= 0.6 is 0 Å². The minimum atomic E-state index is -0.978. The zero-order chi connectivity index (χ0) is 14.9. The highest BCUT2D eigenvalue weighted by Crippen LogP contribution is 2.66. The highest BCUT2D eigenvalue weighted by molar-refractivity contribution is 6.13. The van der Waals surface area contributed by atoms with E-state index in [4.69, 9.17) is 0 Å². The molecule has 4 aliphatic rings. The van der Waals surface area contributed by atoms with E-state index in [1.54, 1.807) is 0 Å². The van der Waals surface area contributed by atoms with Gasteiger partial charge in [-0.2, -0.15) is 0 Å². The van der Waals surface area contributed by atoms with Crippen molar-refractivity contribution < 1.29 is 15.5 Å². The summed E-state index contributed by atoms with van der Waals surface area (Å²) in [7, 11) is 0. The quantitative estimate of drug-likeness (QED) is 0.391. The van der Waals surface area contributed by atoms with Gasteiger partial charge in [0.2, 0.25) is 0 Å². The summed E-state index contributed by atoms with van der Waals surface area (Å²) in [6.07, 6.45) is 1.36. The Balaban J connectivity index is 2.24. The van der Waals surface area contributed by atoms with Crippen LogP contribution < -0.4 is 0 Å². The van der Waals surface area contributed by atoms with Gasteiger partial charge in [0.15, 0.2) is 0 Å². The Morgan fingerprint density at radius 1 is 1.25 bits per heavy atom. The lowest BCUT2D eigenvalue weighted by atomic mass is 9.38. The Labute approximate surface area is 118 Å². The molecule has 0 aromatic heterocycles. The Kier molecular flexibility index (Phi) is 2.62. The SMILES string of the molecule is C=C(C)C12CC3/C(=N\O)C(C1)C(C)C(/C3=N\O)C2(C)O. The molecular formula is C15H22N2O3. The maximum absolute atomic E-state index is 11.2. The maximum Gasteiger partial charge on any atom is 0.0797 e. The van der Waals surface area contributed by atoms with Crippen molar-refractivity contribution >= 4 is 11.4 Å². The number of oxime groups is 2. The smallest absolute Gasteiger partial charge is 0.0797 e. The van der Waals surface area contributed by atoms with Crippen LogP contribution in [0.4, 0.5) is 0 Å². The summed E-state index contributed by atoms with van der Waals surface area (Å²) >= 11 is 0. The molecular weight excluding hydrogens is 256 g/mol. The van der Waals surface area contributed by atoms with E-state index < -0.39 is 5.60 Å². The second kappa shape index (κ2) is 3.85. The molecule has 4 aliphatic carbocycles. The molecule has 6 atom stereocenters. The summed E-state index contributed by atoms with van der Waals surface area (Å²) in [6.45, 7) is 9.93. The Hall–Kier alpha value is -1.36. The first kappa shape index (κ1) is 13.6. The lowest BCUT2D eigenvalue weighted by molar-refractivity contribution is -0.154. The predicted molar refractivity (Wildman–Crippen MR) is 75.2 cm³/mol. The van der Waals surface area contributed by atoms with Crippen molar-refractivity contribution in [3.63, 3.8) is 0 Å². The van der Waals surface area contributed by atoms with Crippen molar-refractivity contribution in [1.82, 2.24) is 0 Å². The molecule has 6 unspecified atom stereocenters. The second-order valence-corrected chi connectivity index (χ2v) is 6.96. The normalized spacial score (nSPS) is 53.8. The highest BCUT2D eigenvalue weighted by Gasteiger charge is 2.70. The van der Waals surface area contributed by atoms with Crippen molar-refractivity contribution in [2.75, 3.05) is 0 Å². The van der Waals surface area contributed by atoms with Crippen molar-refractivity contribution in [2.24, 2.45) is 39.4 Å². The molecule has 0 heterocycles. The maximum atomic E-state index is 11.2. The monoisotopic (exact) mass is 278 g/mol. The first-order valence-electron chi connectivity index (χ1n) is 7.14. The van der Waals surface area contributed by atoms with E-state index in [0.717, 1.165) is 12.0 Å². The van der Waals surface area contributed by atoms with E-state index in [-0.39, 0.29) is 29.1 Å². The molecule has 4 rings (SSSR count). The van der Waals surface area contributed by atoms with E-state index in [1.165, 1.54) is 0 Å². The van der Waals surface area contributed by atoms with Gasteiger partial charge < -0.3 is 15.5 Å². The number of rotatable bonds is 1. The lowest BCUT2D eigenvalue weighted by Gasteiger charge is -2.66. The molecule has 5 nitrogen and oxygen atoms in total. The van der Waals surface area contributed by atoms with E-state index in [0.29, 0.717) is 17.8 Å². The summed E-state index contributed by atoms with van der Waals surface area (Å²) in [5, 5.41) is 36.9. The fraction of sp³-hybridized carbons (Fsp3) is 0.733. The zero-order valence-electron chi connectivity index (χ0n) is 12.2. The zero-order valence-corrected chi connectivity index (χ0v) is 12.2. The lowest BCUT2D eigenvalue weighted by Crippen LogP contribution is -2.72. The van der Waals surface area contributed by atoms with Crippen LogP contribution in [0.3, 0.4) is 0 Å². The summed E-state index contributed by atoms with van der Waals surface area (Å²) in [6, 6.07) is 0.